The van der Waals surface area contributed by atoms with Crippen LogP contribution >= 0.6 is 11.6 Å². The third kappa shape index (κ3) is 2.87. The molecular formula is C20H23Cl. The maximum Gasteiger partial charge on any atom is 0.0619 e. The van der Waals surface area contributed by atoms with Crippen LogP contribution in [0.2, 0.25) is 0 Å². The molecule has 0 heterocycles. The monoisotopic (exact) mass is 298 g/mol. The molecule has 0 saturated heterocycles. The molecule has 0 fully saturated rings. The van der Waals surface area contributed by atoms with Gasteiger partial charge in [-0.2, -0.15) is 0 Å². The normalized spacial score (nSPS) is 16.0. The Labute approximate surface area is 133 Å². The summed E-state index contributed by atoms with van der Waals surface area (Å²) in [6.45, 7) is 4.45. The number of benzene rings is 2. The highest BCUT2D eigenvalue weighted by atomic mass is 35.5. The Morgan fingerprint density at radius 3 is 2.14 bits per heavy atom. The van der Waals surface area contributed by atoms with Crippen molar-refractivity contribution >= 4 is 11.6 Å². The van der Waals surface area contributed by atoms with E-state index in [1.54, 1.807) is 0 Å². The molecule has 0 aromatic heterocycles. The van der Waals surface area contributed by atoms with Gasteiger partial charge in [0.2, 0.25) is 0 Å². The Bertz CT molecular complexity index is 604. The smallest absolute Gasteiger partial charge is 0.0619 e. The number of fused-ring (bicyclic) bond motifs is 1. The molecule has 0 amide bonds. The van der Waals surface area contributed by atoms with Crippen molar-refractivity contribution in [2.24, 2.45) is 5.92 Å². The van der Waals surface area contributed by atoms with Crippen molar-refractivity contribution in [3.05, 3.63) is 70.3 Å². The Hall–Kier alpha value is -1.27. The zero-order valence-corrected chi connectivity index (χ0v) is 13.7. The molecule has 1 atom stereocenters. The van der Waals surface area contributed by atoms with Crippen molar-refractivity contribution in [2.75, 3.05) is 0 Å². The summed E-state index contributed by atoms with van der Waals surface area (Å²) in [4.78, 5) is 0. The molecule has 1 aliphatic rings. The Morgan fingerprint density at radius 1 is 0.952 bits per heavy atom. The van der Waals surface area contributed by atoms with Crippen LogP contribution in [0.1, 0.15) is 47.0 Å². The van der Waals surface area contributed by atoms with Crippen LogP contribution in [0.15, 0.2) is 42.5 Å². The molecule has 0 aliphatic heterocycles. The van der Waals surface area contributed by atoms with Gasteiger partial charge in [0.15, 0.2) is 0 Å². The average Bonchev–Trinajstić information content (AvgIpc) is 2.97. The molecule has 110 valence electrons. The lowest BCUT2D eigenvalue weighted by Gasteiger charge is -2.19. The van der Waals surface area contributed by atoms with Gasteiger partial charge in [-0.1, -0.05) is 56.3 Å². The van der Waals surface area contributed by atoms with E-state index in [4.69, 9.17) is 11.6 Å². The van der Waals surface area contributed by atoms with E-state index in [-0.39, 0.29) is 5.38 Å². The van der Waals surface area contributed by atoms with Gasteiger partial charge in [0.1, 0.15) is 0 Å². The van der Waals surface area contributed by atoms with Gasteiger partial charge in [-0.05, 0) is 59.4 Å². The highest BCUT2D eigenvalue weighted by Crippen LogP contribution is 2.39. The molecule has 0 spiro atoms. The van der Waals surface area contributed by atoms with Gasteiger partial charge < -0.3 is 0 Å². The van der Waals surface area contributed by atoms with Crippen LogP contribution in [0, 0.1) is 5.92 Å². The van der Waals surface area contributed by atoms with Gasteiger partial charge in [-0.25, -0.2) is 0 Å². The van der Waals surface area contributed by atoms with Crippen LogP contribution in [0.3, 0.4) is 0 Å². The summed E-state index contributed by atoms with van der Waals surface area (Å²) in [5, 5.41) is 0.119. The number of alkyl halides is 1. The van der Waals surface area contributed by atoms with Crippen LogP contribution in [0.25, 0.3) is 0 Å². The lowest BCUT2D eigenvalue weighted by molar-refractivity contribution is 0.540. The first-order valence-corrected chi connectivity index (χ1v) is 8.49. The Morgan fingerprint density at radius 2 is 1.57 bits per heavy atom. The maximum absolute atomic E-state index is 6.83. The molecular weight excluding hydrogens is 276 g/mol. The predicted octanol–water partition coefficient (Wildman–Crippen LogP) is 5.51. The van der Waals surface area contributed by atoms with Crippen molar-refractivity contribution in [1.82, 2.24) is 0 Å². The van der Waals surface area contributed by atoms with E-state index in [1.165, 1.54) is 27.8 Å². The van der Waals surface area contributed by atoms with E-state index >= 15 is 0 Å². The average molecular weight is 299 g/mol. The highest BCUT2D eigenvalue weighted by molar-refractivity contribution is 6.21. The number of rotatable bonds is 4. The van der Waals surface area contributed by atoms with Crippen molar-refractivity contribution in [3.63, 3.8) is 0 Å². The molecule has 1 unspecified atom stereocenters. The first-order valence-electron chi connectivity index (χ1n) is 8.05. The minimum atomic E-state index is 0.119. The molecule has 0 N–H and O–H groups in total. The molecule has 0 bridgehead atoms. The second kappa shape index (κ2) is 6.23. The standard InChI is InChI=1S/C20H23Cl/c1-3-14-9-10-18(11-15(14)4-2)20(21)19-12-16-7-5-6-8-17(16)13-19/h5-11,19-20H,3-4,12-13H2,1-2H3. The van der Waals surface area contributed by atoms with Crippen molar-refractivity contribution in [1.29, 1.82) is 0 Å². The fourth-order valence-electron chi connectivity index (χ4n) is 3.56. The first kappa shape index (κ1) is 14.7. The minimum Gasteiger partial charge on any atom is -0.117 e. The summed E-state index contributed by atoms with van der Waals surface area (Å²) in [5.41, 5.74) is 7.17. The van der Waals surface area contributed by atoms with Crippen molar-refractivity contribution < 1.29 is 0 Å². The van der Waals surface area contributed by atoms with E-state index in [9.17, 15) is 0 Å². The minimum absolute atomic E-state index is 0.119. The zero-order valence-electron chi connectivity index (χ0n) is 12.9. The summed E-state index contributed by atoms with van der Waals surface area (Å²) in [6.07, 6.45) is 4.42. The first-order chi connectivity index (χ1) is 10.2. The topological polar surface area (TPSA) is 0 Å². The zero-order chi connectivity index (χ0) is 14.8. The van der Waals surface area contributed by atoms with Crippen LogP contribution < -0.4 is 0 Å². The highest BCUT2D eigenvalue weighted by Gasteiger charge is 2.28. The molecule has 21 heavy (non-hydrogen) atoms. The van der Waals surface area contributed by atoms with Gasteiger partial charge in [-0.3, -0.25) is 0 Å². The van der Waals surface area contributed by atoms with Crippen LogP contribution in [-0.4, -0.2) is 0 Å². The predicted molar refractivity (Wildman–Crippen MR) is 91.1 cm³/mol. The third-order valence-corrected chi connectivity index (χ3v) is 5.42. The van der Waals surface area contributed by atoms with Gasteiger partial charge >= 0.3 is 0 Å². The van der Waals surface area contributed by atoms with Crippen LogP contribution in [0.5, 0.6) is 0 Å². The third-order valence-electron chi connectivity index (χ3n) is 4.81. The lowest BCUT2D eigenvalue weighted by Crippen LogP contribution is -2.09. The van der Waals surface area contributed by atoms with E-state index in [0.717, 1.165) is 25.7 Å². The maximum atomic E-state index is 6.83. The molecule has 1 aliphatic carbocycles. The lowest BCUT2D eigenvalue weighted by atomic mass is 9.92. The molecule has 1 heteroatoms. The van der Waals surface area contributed by atoms with Crippen molar-refractivity contribution in [3.8, 4) is 0 Å². The van der Waals surface area contributed by atoms with Crippen LogP contribution in [0.4, 0.5) is 0 Å². The summed E-state index contributed by atoms with van der Waals surface area (Å²) in [5.74, 6) is 0.529. The van der Waals surface area contributed by atoms with Gasteiger partial charge in [-0.15, -0.1) is 11.6 Å². The fourth-order valence-corrected chi connectivity index (χ4v) is 3.88. The van der Waals surface area contributed by atoms with Crippen molar-refractivity contribution in [2.45, 2.75) is 44.9 Å². The summed E-state index contributed by atoms with van der Waals surface area (Å²) in [7, 11) is 0. The number of halogens is 1. The molecule has 0 nitrogen and oxygen atoms in total. The van der Waals surface area contributed by atoms with Gasteiger partial charge in [0.25, 0.3) is 0 Å². The number of aryl methyl sites for hydroxylation is 2. The van der Waals surface area contributed by atoms with E-state index in [1.807, 2.05) is 0 Å². The second-order valence-electron chi connectivity index (χ2n) is 6.07. The number of hydrogen-bond donors (Lipinski definition) is 0. The molecule has 2 aromatic rings. The Kier molecular flexibility index (Phi) is 4.35. The van der Waals surface area contributed by atoms with Crippen LogP contribution in [-0.2, 0) is 25.7 Å². The second-order valence-corrected chi connectivity index (χ2v) is 6.54. The molecule has 0 radical (unpaired) electrons. The Balaban J connectivity index is 1.82. The SMILES string of the molecule is CCc1ccc(C(Cl)C2Cc3ccccc3C2)cc1CC. The molecule has 2 aromatic carbocycles. The van der Waals surface area contributed by atoms with E-state index in [2.05, 4.69) is 56.3 Å². The van der Waals surface area contributed by atoms with E-state index in [0.29, 0.717) is 5.92 Å². The summed E-state index contributed by atoms with van der Waals surface area (Å²) >= 11 is 6.83. The largest absolute Gasteiger partial charge is 0.117 e. The summed E-state index contributed by atoms with van der Waals surface area (Å²) < 4.78 is 0. The van der Waals surface area contributed by atoms with Gasteiger partial charge in [0.05, 0.1) is 5.38 Å². The molecule has 3 rings (SSSR count). The number of hydrogen-bond acceptors (Lipinski definition) is 0. The molecule has 0 saturated carbocycles. The van der Waals surface area contributed by atoms with Gasteiger partial charge in [0, 0.05) is 0 Å². The van der Waals surface area contributed by atoms with E-state index < -0.39 is 0 Å². The quantitative estimate of drug-likeness (QED) is 0.653. The summed E-state index contributed by atoms with van der Waals surface area (Å²) in [6, 6.07) is 15.6. The fraction of sp³-hybridized carbons (Fsp3) is 0.400.